The Labute approximate surface area is 257 Å². The van der Waals surface area contributed by atoms with Crippen molar-refractivity contribution < 1.29 is 16.5 Å². The van der Waals surface area contributed by atoms with Gasteiger partial charge in [-0.2, -0.15) is 0 Å². The molecule has 0 spiro atoms. The van der Waals surface area contributed by atoms with Gasteiger partial charge in [0.2, 0.25) is 0 Å². The van der Waals surface area contributed by atoms with Crippen LogP contribution in [0, 0.1) is 0 Å². The summed E-state index contributed by atoms with van der Waals surface area (Å²) < 4.78 is 0. The van der Waals surface area contributed by atoms with Crippen molar-refractivity contribution in [2.45, 2.75) is 136 Å². The van der Waals surface area contributed by atoms with Gasteiger partial charge in [0, 0.05) is 16.5 Å². The number of hydrogen-bond donors (Lipinski definition) is 0. The van der Waals surface area contributed by atoms with E-state index in [2.05, 4.69) is 74.5 Å². The number of hydrogen-bond acceptors (Lipinski definition) is 2. The molecular formula is C37H56N2Ni. The third-order valence-corrected chi connectivity index (χ3v) is 7.34. The second kappa shape index (κ2) is 25.9. The molecule has 0 atom stereocenters. The van der Waals surface area contributed by atoms with Gasteiger partial charge in [-0.25, -0.2) is 4.99 Å². The molecule has 0 aromatic heterocycles. The second-order valence-corrected chi connectivity index (χ2v) is 11.0. The monoisotopic (exact) mass is 586 g/mol. The Morgan fingerprint density at radius 2 is 0.950 bits per heavy atom. The summed E-state index contributed by atoms with van der Waals surface area (Å²) in [6, 6.07) is 20.6. The van der Waals surface area contributed by atoms with Gasteiger partial charge in [0.05, 0.1) is 22.8 Å². The number of benzene rings is 2. The first kappa shape index (κ1) is 36.0. The summed E-state index contributed by atoms with van der Waals surface area (Å²) in [7, 11) is 0. The first-order valence-electron chi connectivity index (χ1n) is 16.3. The number of unbranched alkanes of at least 4 members (excludes halogenated alkanes) is 16. The molecule has 0 saturated heterocycles. The molecule has 0 heterocycles. The van der Waals surface area contributed by atoms with Crippen LogP contribution in [-0.2, 0) is 16.5 Å². The summed E-state index contributed by atoms with van der Waals surface area (Å²) in [6.07, 6.45) is 29.9. The van der Waals surface area contributed by atoms with Crippen molar-refractivity contribution >= 4 is 22.8 Å². The predicted molar refractivity (Wildman–Crippen MR) is 175 cm³/mol. The molecule has 0 amide bonds. The van der Waals surface area contributed by atoms with E-state index in [1.54, 1.807) is 0 Å². The van der Waals surface area contributed by atoms with Crippen molar-refractivity contribution in [2.75, 3.05) is 0 Å². The molecule has 0 aliphatic heterocycles. The predicted octanol–water partition coefficient (Wildman–Crippen LogP) is 12.5. The molecule has 40 heavy (non-hydrogen) atoms. The van der Waals surface area contributed by atoms with Gasteiger partial charge in [0.1, 0.15) is 0 Å². The van der Waals surface area contributed by atoms with Gasteiger partial charge in [-0.15, -0.1) is 0 Å². The van der Waals surface area contributed by atoms with Gasteiger partial charge in [-0.1, -0.05) is 153 Å². The topological polar surface area (TPSA) is 24.7 Å². The summed E-state index contributed by atoms with van der Waals surface area (Å²) in [4.78, 5) is 10.0. The van der Waals surface area contributed by atoms with Crippen LogP contribution in [0.25, 0.3) is 0 Å². The van der Waals surface area contributed by atoms with Crippen molar-refractivity contribution in [2.24, 2.45) is 9.98 Å². The fourth-order valence-electron chi connectivity index (χ4n) is 4.91. The molecule has 0 fully saturated rings. The maximum absolute atomic E-state index is 5.02. The summed E-state index contributed by atoms with van der Waals surface area (Å²) >= 11 is 0. The van der Waals surface area contributed by atoms with Gasteiger partial charge >= 0.3 is 0 Å². The Hall–Kier alpha value is -1.99. The van der Waals surface area contributed by atoms with Crippen molar-refractivity contribution in [1.82, 2.24) is 0 Å². The summed E-state index contributed by atoms with van der Waals surface area (Å²) in [5.74, 6) is 0. The molecule has 2 rings (SSSR count). The van der Waals surface area contributed by atoms with Crippen LogP contribution in [0.2, 0.25) is 0 Å². The fraction of sp³-hybridized carbons (Fsp3) is 0.568. The Balaban J connectivity index is 0.00000800. The first-order chi connectivity index (χ1) is 19.3. The van der Waals surface area contributed by atoms with E-state index in [1.807, 2.05) is 12.1 Å². The molecule has 0 unspecified atom stereocenters. The molecule has 3 heteroatoms. The normalized spacial score (nSPS) is 12.2. The van der Waals surface area contributed by atoms with Crippen molar-refractivity contribution in [1.29, 1.82) is 0 Å². The van der Waals surface area contributed by atoms with E-state index in [1.165, 1.54) is 96.3 Å². The molecule has 224 valence electrons. The van der Waals surface area contributed by atoms with E-state index >= 15 is 0 Å². The molecular weight excluding hydrogens is 531 g/mol. The minimum Gasteiger partial charge on any atom is -0.251 e. The Morgan fingerprint density at radius 3 is 1.43 bits per heavy atom. The number of nitrogens with zero attached hydrogens (tertiary/aromatic N) is 2. The molecule has 2 nitrogen and oxygen atoms in total. The molecule has 0 aliphatic carbocycles. The van der Waals surface area contributed by atoms with E-state index in [-0.39, 0.29) is 16.5 Å². The average molecular weight is 588 g/mol. The third kappa shape index (κ3) is 18.4. The second-order valence-electron chi connectivity index (χ2n) is 11.0. The SMILES string of the molecule is CCCCCCCCCCCCCCCCC/C=C/C(=Nc1ccccc1)C(CCCC)=Nc1ccccc1.[Ni]. The molecule has 0 N–H and O–H groups in total. The number of para-hydroxylation sites is 2. The van der Waals surface area contributed by atoms with Gasteiger partial charge in [-0.3, -0.25) is 4.99 Å². The van der Waals surface area contributed by atoms with E-state index in [0.29, 0.717) is 0 Å². The molecule has 0 aliphatic rings. The van der Waals surface area contributed by atoms with Crippen LogP contribution in [0.5, 0.6) is 0 Å². The van der Waals surface area contributed by atoms with Crippen LogP contribution >= 0.6 is 0 Å². The zero-order chi connectivity index (χ0) is 27.6. The van der Waals surface area contributed by atoms with E-state index in [0.717, 1.165) is 48.5 Å². The first-order valence-corrected chi connectivity index (χ1v) is 16.3. The Morgan fingerprint density at radius 1 is 0.525 bits per heavy atom. The Kier molecular flexibility index (Phi) is 23.4. The van der Waals surface area contributed by atoms with Gasteiger partial charge < -0.3 is 0 Å². The average Bonchev–Trinajstić information content (AvgIpc) is 2.97. The maximum atomic E-state index is 5.02. The van der Waals surface area contributed by atoms with Crippen LogP contribution in [0.4, 0.5) is 11.4 Å². The van der Waals surface area contributed by atoms with Crippen LogP contribution < -0.4 is 0 Å². The van der Waals surface area contributed by atoms with Gasteiger partial charge in [-0.05, 0) is 56.0 Å². The minimum absolute atomic E-state index is 0. The van der Waals surface area contributed by atoms with Crippen molar-refractivity contribution in [3.05, 3.63) is 72.8 Å². The zero-order valence-electron chi connectivity index (χ0n) is 25.6. The Bertz CT molecular complexity index is 918. The van der Waals surface area contributed by atoms with Crippen LogP contribution in [0.1, 0.15) is 136 Å². The number of allylic oxidation sites excluding steroid dienone is 2. The molecule has 2 aromatic carbocycles. The van der Waals surface area contributed by atoms with E-state index < -0.39 is 0 Å². The zero-order valence-corrected chi connectivity index (χ0v) is 26.6. The fourth-order valence-corrected chi connectivity index (χ4v) is 4.91. The van der Waals surface area contributed by atoms with Crippen LogP contribution in [0.15, 0.2) is 82.8 Å². The van der Waals surface area contributed by atoms with Gasteiger partial charge in [0.25, 0.3) is 0 Å². The quantitative estimate of drug-likeness (QED) is 0.0702. The van der Waals surface area contributed by atoms with Gasteiger partial charge in [0.15, 0.2) is 0 Å². The minimum atomic E-state index is 0. The molecule has 0 bridgehead atoms. The summed E-state index contributed by atoms with van der Waals surface area (Å²) in [6.45, 7) is 4.53. The van der Waals surface area contributed by atoms with E-state index in [4.69, 9.17) is 9.98 Å². The largest absolute Gasteiger partial charge is 0.251 e. The summed E-state index contributed by atoms with van der Waals surface area (Å²) in [5.41, 5.74) is 4.07. The molecule has 2 aromatic rings. The van der Waals surface area contributed by atoms with Crippen LogP contribution in [-0.4, -0.2) is 11.4 Å². The van der Waals surface area contributed by atoms with E-state index in [9.17, 15) is 0 Å². The number of rotatable bonds is 23. The smallest absolute Gasteiger partial charge is 0.0848 e. The summed E-state index contributed by atoms with van der Waals surface area (Å²) in [5, 5.41) is 0. The van der Waals surface area contributed by atoms with Crippen molar-refractivity contribution in [3.63, 3.8) is 0 Å². The molecule has 0 radical (unpaired) electrons. The third-order valence-electron chi connectivity index (χ3n) is 7.34. The number of aliphatic imine (C=N–C) groups is 2. The molecule has 0 saturated carbocycles. The van der Waals surface area contributed by atoms with Crippen LogP contribution in [0.3, 0.4) is 0 Å². The standard InChI is InChI=1S/C37H56N2.Ni/c1-3-5-7-8-9-10-11-12-13-14-15-16-17-18-19-20-27-33-37(39-35-30-25-22-26-31-35)36(32-6-4-2)38-34-28-23-21-24-29-34;/h21-31,33H,3-20,32H2,1-2H3;/b33-27+,38-36?,39-37?;. The maximum Gasteiger partial charge on any atom is 0.0848 e. The van der Waals surface area contributed by atoms with Crippen molar-refractivity contribution in [3.8, 4) is 0 Å².